The van der Waals surface area contributed by atoms with Gasteiger partial charge in [0.1, 0.15) is 0 Å². The van der Waals surface area contributed by atoms with Crippen LogP contribution in [0.2, 0.25) is 0 Å². The summed E-state index contributed by atoms with van der Waals surface area (Å²) < 4.78 is 5.51. The van der Waals surface area contributed by atoms with Gasteiger partial charge in [0, 0.05) is 24.4 Å². The molecule has 1 fully saturated rings. The van der Waals surface area contributed by atoms with Crippen molar-refractivity contribution in [3.8, 4) is 0 Å². The normalized spacial score (nSPS) is 18.1. The molecule has 0 saturated carbocycles. The van der Waals surface area contributed by atoms with E-state index in [4.69, 9.17) is 17.0 Å². The molecule has 0 amide bonds. The molecule has 0 bridgehead atoms. The minimum atomic E-state index is 0.0434. The Morgan fingerprint density at radius 1 is 1.53 bits per heavy atom. The summed E-state index contributed by atoms with van der Waals surface area (Å²) in [5.41, 5.74) is 1.49. The van der Waals surface area contributed by atoms with Crippen LogP contribution in [0.5, 0.6) is 0 Å². The number of Topliss-reactive ketones (excluding diaryl/α,β-unsaturated/α-hetero) is 1. The summed E-state index contributed by atoms with van der Waals surface area (Å²) >= 11 is 5.22. The van der Waals surface area contributed by atoms with Crippen LogP contribution in [0.1, 0.15) is 30.1 Å². The predicted octanol–water partition coefficient (Wildman–Crippen LogP) is 2.35. The molecule has 1 aromatic carbocycles. The Kier molecular flexibility index (Phi) is 4.87. The predicted molar refractivity (Wildman–Crippen MR) is 79.6 cm³/mol. The molecule has 2 rings (SSSR count). The first-order chi connectivity index (χ1) is 9.15. The van der Waals surface area contributed by atoms with Crippen LogP contribution >= 0.6 is 12.2 Å². The van der Waals surface area contributed by atoms with Crippen molar-refractivity contribution >= 4 is 28.8 Å². The SMILES string of the molecule is CC(=O)c1cccc(NC(=S)NC[C@@H]2CCCO2)c1. The number of ketones is 1. The average Bonchev–Trinajstić information content (AvgIpc) is 2.90. The molecule has 1 aliphatic rings. The first-order valence-corrected chi connectivity index (χ1v) is 6.83. The van der Waals surface area contributed by atoms with Gasteiger partial charge in [0.25, 0.3) is 0 Å². The Bertz CT molecular complexity index is 470. The Hall–Kier alpha value is -1.46. The smallest absolute Gasteiger partial charge is 0.170 e. The summed E-state index contributed by atoms with van der Waals surface area (Å²) in [4.78, 5) is 11.3. The summed E-state index contributed by atoms with van der Waals surface area (Å²) in [6, 6.07) is 7.30. The van der Waals surface area contributed by atoms with E-state index in [2.05, 4.69) is 10.6 Å². The van der Waals surface area contributed by atoms with Gasteiger partial charge in [-0.1, -0.05) is 12.1 Å². The van der Waals surface area contributed by atoms with Crippen LogP contribution in [0.15, 0.2) is 24.3 Å². The Morgan fingerprint density at radius 3 is 3.05 bits per heavy atom. The Balaban J connectivity index is 1.84. The largest absolute Gasteiger partial charge is 0.376 e. The number of carbonyl (C=O) groups excluding carboxylic acids is 1. The summed E-state index contributed by atoms with van der Waals surface area (Å²) in [6.45, 7) is 3.11. The third-order valence-corrected chi connectivity index (χ3v) is 3.29. The lowest BCUT2D eigenvalue weighted by Gasteiger charge is -2.14. The van der Waals surface area contributed by atoms with Crippen LogP contribution in [-0.2, 0) is 4.74 Å². The van der Waals surface area contributed by atoms with Gasteiger partial charge in [0.05, 0.1) is 6.10 Å². The molecule has 1 aromatic rings. The molecule has 1 saturated heterocycles. The van der Waals surface area contributed by atoms with Gasteiger partial charge < -0.3 is 15.4 Å². The highest BCUT2D eigenvalue weighted by Gasteiger charge is 2.15. The maximum atomic E-state index is 11.3. The lowest BCUT2D eigenvalue weighted by atomic mass is 10.1. The highest BCUT2D eigenvalue weighted by molar-refractivity contribution is 7.80. The van der Waals surface area contributed by atoms with Crippen molar-refractivity contribution in [2.75, 3.05) is 18.5 Å². The molecule has 2 N–H and O–H groups in total. The summed E-state index contributed by atoms with van der Waals surface area (Å²) in [7, 11) is 0. The van der Waals surface area contributed by atoms with Crippen LogP contribution in [0.25, 0.3) is 0 Å². The standard InChI is InChI=1S/C14H18N2O2S/c1-10(17)11-4-2-5-12(8-11)16-14(19)15-9-13-6-3-7-18-13/h2,4-5,8,13H,3,6-7,9H2,1H3,(H2,15,16,19)/t13-/m0/s1. The number of rotatable bonds is 4. The molecule has 5 heteroatoms. The molecule has 1 atom stereocenters. The summed E-state index contributed by atoms with van der Waals surface area (Å²) in [6.07, 6.45) is 2.45. The van der Waals surface area contributed by atoms with Crippen LogP contribution in [0.3, 0.4) is 0 Å². The molecule has 4 nitrogen and oxygen atoms in total. The minimum Gasteiger partial charge on any atom is -0.376 e. The highest BCUT2D eigenvalue weighted by Crippen LogP contribution is 2.12. The van der Waals surface area contributed by atoms with E-state index in [1.165, 1.54) is 0 Å². The second-order valence-electron chi connectivity index (χ2n) is 4.61. The van der Waals surface area contributed by atoms with Gasteiger partial charge in [-0.05, 0) is 44.1 Å². The fourth-order valence-corrected chi connectivity index (χ4v) is 2.20. The van der Waals surface area contributed by atoms with E-state index >= 15 is 0 Å². The zero-order valence-corrected chi connectivity index (χ0v) is 11.8. The van der Waals surface area contributed by atoms with Gasteiger partial charge in [-0.15, -0.1) is 0 Å². The highest BCUT2D eigenvalue weighted by atomic mass is 32.1. The van der Waals surface area contributed by atoms with E-state index in [-0.39, 0.29) is 11.9 Å². The number of hydrogen-bond donors (Lipinski definition) is 2. The maximum Gasteiger partial charge on any atom is 0.170 e. The van der Waals surface area contributed by atoms with Crippen molar-refractivity contribution in [2.45, 2.75) is 25.9 Å². The summed E-state index contributed by atoms with van der Waals surface area (Å²) in [5.74, 6) is 0.0434. The Morgan fingerprint density at radius 2 is 2.37 bits per heavy atom. The molecule has 102 valence electrons. The summed E-state index contributed by atoms with van der Waals surface area (Å²) in [5, 5.41) is 6.76. The first-order valence-electron chi connectivity index (χ1n) is 6.42. The van der Waals surface area contributed by atoms with Crippen LogP contribution < -0.4 is 10.6 Å². The van der Waals surface area contributed by atoms with Gasteiger partial charge in [-0.3, -0.25) is 4.79 Å². The number of ether oxygens (including phenoxy) is 1. The van der Waals surface area contributed by atoms with E-state index in [1.54, 1.807) is 19.1 Å². The number of anilines is 1. The number of nitrogens with one attached hydrogen (secondary N) is 2. The third kappa shape index (κ3) is 4.29. The molecule has 0 unspecified atom stereocenters. The molecule has 0 aliphatic carbocycles. The Labute approximate surface area is 118 Å². The van der Waals surface area contributed by atoms with Gasteiger partial charge in [0.2, 0.25) is 0 Å². The van der Waals surface area contributed by atoms with Crippen molar-refractivity contribution in [3.63, 3.8) is 0 Å². The number of carbonyl (C=O) groups is 1. The molecule has 1 aliphatic heterocycles. The van der Waals surface area contributed by atoms with Crippen LogP contribution in [0, 0.1) is 0 Å². The third-order valence-electron chi connectivity index (χ3n) is 3.04. The van der Waals surface area contributed by atoms with Gasteiger partial charge in [-0.2, -0.15) is 0 Å². The lowest BCUT2D eigenvalue weighted by molar-refractivity contribution is 0.101. The number of benzene rings is 1. The molecule has 1 heterocycles. The molecular weight excluding hydrogens is 260 g/mol. The monoisotopic (exact) mass is 278 g/mol. The zero-order valence-electron chi connectivity index (χ0n) is 10.9. The van der Waals surface area contributed by atoms with Crippen LogP contribution in [-0.4, -0.2) is 30.2 Å². The minimum absolute atomic E-state index is 0.0434. The number of hydrogen-bond acceptors (Lipinski definition) is 3. The lowest BCUT2D eigenvalue weighted by Crippen LogP contribution is -2.34. The van der Waals surface area contributed by atoms with Crippen LogP contribution in [0.4, 0.5) is 5.69 Å². The van der Waals surface area contributed by atoms with Gasteiger partial charge in [-0.25, -0.2) is 0 Å². The van der Waals surface area contributed by atoms with Gasteiger partial charge in [0.15, 0.2) is 10.9 Å². The van der Waals surface area contributed by atoms with E-state index in [0.717, 1.165) is 31.7 Å². The topological polar surface area (TPSA) is 50.4 Å². The van der Waals surface area contributed by atoms with E-state index in [1.807, 2.05) is 12.1 Å². The van der Waals surface area contributed by atoms with E-state index in [9.17, 15) is 4.79 Å². The van der Waals surface area contributed by atoms with E-state index < -0.39 is 0 Å². The zero-order chi connectivity index (χ0) is 13.7. The first kappa shape index (κ1) is 14.0. The van der Waals surface area contributed by atoms with Gasteiger partial charge >= 0.3 is 0 Å². The van der Waals surface area contributed by atoms with Crippen molar-refractivity contribution in [2.24, 2.45) is 0 Å². The number of thiocarbonyl (C=S) groups is 1. The van der Waals surface area contributed by atoms with Crippen molar-refractivity contribution in [1.82, 2.24) is 5.32 Å². The molecular formula is C14H18N2O2S. The van der Waals surface area contributed by atoms with Crippen molar-refractivity contribution < 1.29 is 9.53 Å². The second-order valence-corrected chi connectivity index (χ2v) is 5.02. The fourth-order valence-electron chi connectivity index (χ4n) is 2.00. The van der Waals surface area contributed by atoms with Crippen molar-refractivity contribution in [3.05, 3.63) is 29.8 Å². The quantitative estimate of drug-likeness (QED) is 0.654. The maximum absolute atomic E-state index is 11.3. The molecule has 0 spiro atoms. The molecule has 0 aromatic heterocycles. The second kappa shape index (κ2) is 6.63. The molecule has 19 heavy (non-hydrogen) atoms. The average molecular weight is 278 g/mol. The fraction of sp³-hybridized carbons (Fsp3) is 0.429. The molecule has 0 radical (unpaired) electrons. The van der Waals surface area contributed by atoms with E-state index in [0.29, 0.717) is 10.7 Å². The van der Waals surface area contributed by atoms with Crippen molar-refractivity contribution in [1.29, 1.82) is 0 Å².